The van der Waals surface area contributed by atoms with Crippen molar-refractivity contribution < 1.29 is 46.9 Å². The van der Waals surface area contributed by atoms with Gasteiger partial charge in [-0.25, -0.2) is 9.59 Å². The molecule has 3 aromatic carbocycles. The lowest BCUT2D eigenvalue weighted by Crippen LogP contribution is -2.39. The van der Waals surface area contributed by atoms with Crippen LogP contribution in [0.1, 0.15) is 47.3 Å². The molecule has 0 saturated heterocycles. The lowest BCUT2D eigenvalue weighted by Gasteiger charge is -2.19. The van der Waals surface area contributed by atoms with E-state index >= 15 is 0 Å². The standard InChI is InChI=1S/C31H30N2O9S/c1-18-16-21(29(36)42-33-24(34)12-13-25(33)35)17-19(2)27(18)41-30(37)28-31(3,4)26-22-9-6-5-8-20(22)10-11-23(26)32(28)14-7-15-43(38,39)40/h5-6,8-13,16-17H,7,14-15H2,1-4H3,(H2,37,38,39,40)/p+1. The number of ether oxygens (including phenoxy) is 1. The second kappa shape index (κ2) is 10.9. The zero-order valence-corrected chi connectivity index (χ0v) is 24.8. The number of hydrogen-bond acceptors (Lipinski definition) is 8. The largest absolute Gasteiger partial charge is 0.492 e. The number of aryl methyl sites for hydroxylation is 2. The lowest BCUT2D eigenvalue weighted by atomic mass is 9.79. The highest BCUT2D eigenvalue weighted by Gasteiger charge is 2.51. The number of aromatic nitrogens is 1. The van der Waals surface area contributed by atoms with Gasteiger partial charge in [0.15, 0.2) is 6.54 Å². The van der Waals surface area contributed by atoms with Gasteiger partial charge in [-0.05, 0) is 67.8 Å². The molecule has 0 amide bonds. The van der Waals surface area contributed by atoms with Crippen molar-refractivity contribution in [2.45, 2.75) is 39.5 Å². The van der Waals surface area contributed by atoms with Gasteiger partial charge in [-0.1, -0.05) is 24.3 Å². The Morgan fingerprint density at radius 3 is 2.19 bits per heavy atom. The van der Waals surface area contributed by atoms with Crippen molar-refractivity contribution in [3.05, 3.63) is 82.9 Å². The van der Waals surface area contributed by atoms with Crippen LogP contribution in [0.2, 0.25) is 0 Å². The van der Waals surface area contributed by atoms with E-state index in [9.17, 15) is 32.8 Å². The molecular weight excluding hydrogens is 576 g/mol. The molecular formula is C31H31N2O9S+. The molecule has 0 radical (unpaired) electrons. The summed E-state index contributed by atoms with van der Waals surface area (Å²) in [7, 11) is -4.21. The van der Waals surface area contributed by atoms with E-state index in [1.807, 2.05) is 50.2 Å². The summed E-state index contributed by atoms with van der Waals surface area (Å²) in [5, 5.41) is 21.5. The van der Waals surface area contributed by atoms with Gasteiger partial charge >= 0.3 is 11.9 Å². The van der Waals surface area contributed by atoms with E-state index < -0.39 is 45.0 Å². The predicted octanol–water partition coefficient (Wildman–Crippen LogP) is 4.20. The summed E-state index contributed by atoms with van der Waals surface area (Å²) < 4.78 is 40.5. The Kier molecular flexibility index (Phi) is 7.53. The SMILES string of the molecule is Cc1cc(C(=O)On2c(O)ccc2O)cc(C)c1OC(=O)C1=[N+](CCCS(=O)(=O)O)c2ccc3ccccc3c2C1(C)C. The monoisotopic (exact) mass is 607 g/mol. The Bertz CT molecular complexity index is 1900. The smallest absolute Gasteiger partial charge is 0.405 e. The van der Waals surface area contributed by atoms with E-state index in [1.165, 1.54) is 12.1 Å². The minimum Gasteiger partial charge on any atom is -0.492 e. The summed E-state index contributed by atoms with van der Waals surface area (Å²) >= 11 is 0. The van der Waals surface area contributed by atoms with E-state index in [4.69, 9.17) is 9.57 Å². The van der Waals surface area contributed by atoms with E-state index in [0.29, 0.717) is 21.6 Å². The van der Waals surface area contributed by atoms with Gasteiger partial charge < -0.3 is 19.8 Å². The number of carbonyl (C=O) groups is 2. The van der Waals surface area contributed by atoms with Gasteiger partial charge in [0, 0.05) is 30.2 Å². The van der Waals surface area contributed by atoms with Crippen LogP contribution in [0.5, 0.6) is 17.5 Å². The van der Waals surface area contributed by atoms with E-state index in [-0.39, 0.29) is 24.3 Å². The zero-order chi connectivity index (χ0) is 31.3. The summed E-state index contributed by atoms with van der Waals surface area (Å²) in [5.74, 6) is -2.67. The molecule has 0 unspecified atom stereocenters. The molecule has 224 valence electrons. The van der Waals surface area contributed by atoms with E-state index in [0.717, 1.165) is 34.2 Å². The Labute approximate surface area is 247 Å². The first-order valence-electron chi connectivity index (χ1n) is 13.5. The molecule has 5 rings (SSSR count). The first-order chi connectivity index (χ1) is 20.2. The molecule has 0 fully saturated rings. The average molecular weight is 608 g/mol. The highest BCUT2D eigenvalue weighted by Crippen LogP contribution is 2.44. The molecule has 1 aliphatic rings. The second-order valence-electron chi connectivity index (χ2n) is 11.0. The van der Waals surface area contributed by atoms with Crippen molar-refractivity contribution >= 4 is 44.2 Å². The average Bonchev–Trinajstić information content (AvgIpc) is 3.36. The zero-order valence-electron chi connectivity index (χ0n) is 24.0. The number of hydrogen-bond donors (Lipinski definition) is 3. The van der Waals surface area contributed by atoms with Crippen molar-refractivity contribution in [1.29, 1.82) is 0 Å². The Hall–Kier alpha value is -4.68. The number of fused-ring (bicyclic) bond motifs is 3. The van der Waals surface area contributed by atoms with Crippen molar-refractivity contribution in [3.63, 3.8) is 0 Å². The van der Waals surface area contributed by atoms with Crippen molar-refractivity contribution in [3.8, 4) is 17.5 Å². The van der Waals surface area contributed by atoms with Crippen LogP contribution in [0.4, 0.5) is 5.69 Å². The summed E-state index contributed by atoms with van der Waals surface area (Å²) in [6.07, 6.45) is 0.0688. The fraction of sp³-hybridized carbons (Fsp3) is 0.258. The number of carbonyl (C=O) groups excluding carboxylic acids is 2. The number of benzene rings is 3. The van der Waals surface area contributed by atoms with Gasteiger partial charge in [0.2, 0.25) is 17.4 Å². The molecule has 0 aliphatic carbocycles. The molecule has 0 saturated carbocycles. The van der Waals surface area contributed by atoms with Gasteiger partial charge in [0.1, 0.15) is 5.75 Å². The van der Waals surface area contributed by atoms with Crippen molar-refractivity contribution in [1.82, 2.24) is 4.73 Å². The maximum absolute atomic E-state index is 14.0. The van der Waals surface area contributed by atoms with Crippen molar-refractivity contribution in [2.75, 3.05) is 12.3 Å². The fourth-order valence-electron chi connectivity index (χ4n) is 5.72. The first kappa shape index (κ1) is 29.8. The van der Waals surface area contributed by atoms with Crippen LogP contribution < -0.4 is 9.57 Å². The van der Waals surface area contributed by atoms with Crippen LogP contribution in [0, 0.1) is 13.8 Å². The predicted molar refractivity (Wildman–Crippen MR) is 158 cm³/mol. The van der Waals surface area contributed by atoms with Gasteiger partial charge in [0.25, 0.3) is 15.8 Å². The maximum atomic E-state index is 14.0. The Morgan fingerprint density at radius 2 is 1.56 bits per heavy atom. The lowest BCUT2D eigenvalue weighted by molar-refractivity contribution is -0.437. The molecule has 11 nitrogen and oxygen atoms in total. The number of esters is 1. The molecule has 0 atom stereocenters. The quantitative estimate of drug-likeness (QED) is 0.116. The number of rotatable bonds is 8. The summed E-state index contributed by atoms with van der Waals surface area (Å²) in [6.45, 7) is 7.27. The minimum atomic E-state index is -4.21. The normalized spacial score (nSPS) is 14.2. The van der Waals surface area contributed by atoms with Gasteiger partial charge in [-0.3, -0.25) is 4.55 Å². The van der Waals surface area contributed by atoms with Crippen LogP contribution in [0.25, 0.3) is 10.8 Å². The molecule has 1 aliphatic heterocycles. The van der Waals surface area contributed by atoms with Gasteiger partial charge in [-0.15, -0.1) is 4.73 Å². The number of aromatic hydroxyl groups is 2. The van der Waals surface area contributed by atoms with Crippen LogP contribution >= 0.6 is 0 Å². The molecule has 12 heteroatoms. The van der Waals surface area contributed by atoms with Crippen molar-refractivity contribution in [2.24, 2.45) is 0 Å². The summed E-state index contributed by atoms with van der Waals surface area (Å²) in [6, 6.07) is 16.9. The maximum Gasteiger partial charge on any atom is 0.405 e. The van der Waals surface area contributed by atoms with E-state index in [1.54, 1.807) is 18.4 Å². The fourth-order valence-corrected chi connectivity index (χ4v) is 6.22. The number of nitrogens with zero attached hydrogens (tertiary/aromatic N) is 2. The Balaban J connectivity index is 1.50. The molecule has 2 heterocycles. The topological polar surface area (TPSA) is 155 Å². The highest BCUT2D eigenvalue weighted by atomic mass is 32.2. The summed E-state index contributed by atoms with van der Waals surface area (Å²) in [4.78, 5) is 31.8. The van der Waals surface area contributed by atoms with Crippen LogP contribution in [-0.4, -0.2) is 62.4 Å². The molecule has 0 bridgehead atoms. The van der Waals surface area contributed by atoms with Crippen LogP contribution in [-0.2, 0) is 20.3 Å². The third kappa shape index (κ3) is 5.58. The molecule has 43 heavy (non-hydrogen) atoms. The second-order valence-corrected chi connectivity index (χ2v) is 12.6. The molecule has 1 aromatic heterocycles. The highest BCUT2D eigenvalue weighted by molar-refractivity contribution is 7.85. The molecule has 3 N–H and O–H groups in total. The van der Waals surface area contributed by atoms with Crippen LogP contribution in [0.15, 0.2) is 60.7 Å². The summed E-state index contributed by atoms with van der Waals surface area (Å²) in [5.41, 5.74) is 2.12. The van der Waals surface area contributed by atoms with E-state index in [2.05, 4.69) is 0 Å². The van der Waals surface area contributed by atoms with Crippen LogP contribution in [0.3, 0.4) is 0 Å². The molecule has 4 aromatic rings. The Morgan fingerprint density at radius 1 is 0.930 bits per heavy atom. The first-order valence-corrected chi connectivity index (χ1v) is 15.1. The van der Waals surface area contributed by atoms with Gasteiger partial charge in [0.05, 0.1) is 16.7 Å². The third-order valence-corrected chi connectivity index (χ3v) is 8.33. The molecule has 0 spiro atoms. The van der Waals surface area contributed by atoms with Gasteiger partial charge in [-0.2, -0.15) is 13.0 Å². The minimum absolute atomic E-state index is 0.0688. The third-order valence-electron chi connectivity index (χ3n) is 7.52.